The van der Waals surface area contributed by atoms with Crippen LogP contribution in [0.5, 0.6) is 0 Å². The highest BCUT2D eigenvalue weighted by molar-refractivity contribution is 6.01. The second kappa shape index (κ2) is 4.84. The summed E-state index contributed by atoms with van der Waals surface area (Å²) in [7, 11) is 0. The Kier molecular flexibility index (Phi) is 2.88. The molecule has 3 aromatic rings. The Morgan fingerprint density at radius 1 is 1.20 bits per heavy atom. The third-order valence-electron chi connectivity index (χ3n) is 2.73. The van der Waals surface area contributed by atoms with E-state index in [4.69, 9.17) is 0 Å². The van der Waals surface area contributed by atoms with Crippen LogP contribution < -0.4 is 0 Å². The van der Waals surface area contributed by atoms with Crippen LogP contribution in [0.3, 0.4) is 0 Å². The fourth-order valence-corrected chi connectivity index (χ4v) is 1.85. The van der Waals surface area contributed by atoms with E-state index < -0.39 is 4.92 Å². The van der Waals surface area contributed by atoms with Crippen molar-refractivity contribution in [2.45, 2.75) is 0 Å². The van der Waals surface area contributed by atoms with Crippen LogP contribution in [0, 0.1) is 10.1 Å². The molecule has 8 nitrogen and oxygen atoms in total. The summed E-state index contributed by atoms with van der Waals surface area (Å²) in [5.41, 5.74) is 0.587. The van der Waals surface area contributed by atoms with Crippen molar-refractivity contribution < 1.29 is 4.92 Å². The fraction of sp³-hybridized carbons (Fsp3) is 0. The van der Waals surface area contributed by atoms with Gasteiger partial charge in [-0.05, 0) is 6.07 Å². The van der Waals surface area contributed by atoms with Crippen LogP contribution in [0.25, 0.3) is 10.8 Å². The van der Waals surface area contributed by atoms with Crippen LogP contribution in [0.2, 0.25) is 0 Å². The number of nitro benzene ring substituents is 1. The van der Waals surface area contributed by atoms with E-state index in [2.05, 4.69) is 20.3 Å². The highest BCUT2D eigenvalue weighted by atomic mass is 16.6. The molecule has 0 radical (unpaired) electrons. The van der Waals surface area contributed by atoms with Gasteiger partial charge in [0.2, 0.25) is 0 Å². The average Bonchev–Trinajstić information content (AvgIpc) is 2.97. The Morgan fingerprint density at radius 3 is 2.75 bits per heavy atom. The highest BCUT2D eigenvalue weighted by Crippen LogP contribution is 2.25. The van der Waals surface area contributed by atoms with Gasteiger partial charge < -0.3 is 0 Å². The Bertz CT molecular complexity index is 797. The van der Waals surface area contributed by atoms with Crippen molar-refractivity contribution in [1.29, 1.82) is 0 Å². The van der Waals surface area contributed by atoms with Crippen LogP contribution in [0.1, 0.15) is 5.69 Å². The summed E-state index contributed by atoms with van der Waals surface area (Å²) in [5, 5.41) is 23.5. The normalized spacial score (nSPS) is 11.2. The summed E-state index contributed by atoms with van der Waals surface area (Å²) >= 11 is 0. The molecule has 0 aliphatic heterocycles. The number of non-ortho nitro benzene ring substituents is 1. The van der Waals surface area contributed by atoms with Crippen molar-refractivity contribution >= 4 is 22.7 Å². The maximum absolute atomic E-state index is 11.0. The minimum atomic E-state index is -0.414. The molecular weight excluding hydrogens is 260 g/mol. The fourth-order valence-electron chi connectivity index (χ4n) is 1.85. The summed E-state index contributed by atoms with van der Waals surface area (Å²) in [6.45, 7) is 0. The summed E-state index contributed by atoms with van der Waals surface area (Å²) in [6, 6.07) is 6.47. The number of hydrogen-bond acceptors (Lipinski definition) is 6. The van der Waals surface area contributed by atoms with Crippen LogP contribution in [0.4, 0.5) is 5.69 Å². The molecule has 2 aromatic heterocycles. The van der Waals surface area contributed by atoms with Gasteiger partial charge in [0, 0.05) is 17.6 Å². The first kappa shape index (κ1) is 11.9. The summed E-state index contributed by atoms with van der Waals surface area (Å²) in [5.74, 6) is 0. The molecule has 3 rings (SSSR count). The van der Waals surface area contributed by atoms with E-state index in [1.54, 1.807) is 18.2 Å². The molecular formula is C12H8N6O2. The quantitative estimate of drug-likeness (QED) is 0.408. The molecule has 0 saturated carbocycles. The van der Waals surface area contributed by atoms with Gasteiger partial charge in [-0.1, -0.05) is 12.1 Å². The van der Waals surface area contributed by atoms with Gasteiger partial charge >= 0.3 is 0 Å². The summed E-state index contributed by atoms with van der Waals surface area (Å²) in [4.78, 5) is 14.8. The smallest absolute Gasteiger partial charge is 0.258 e. The van der Waals surface area contributed by atoms with E-state index in [1.165, 1.54) is 35.8 Å². The number of nitrogens with zero attached hydrogens (tertiary/aromatic N) is 6. The lowest BCUT2D eigenvalue weighted by atomic mass is 10.1. The topological polar surface area (TPSA) is 99.1 Å². The lowest BCUT2D eigenvalue weighted by Gasteiger charge is -2.01. The van der Waals surface area contributed by atoms with Gasteiger partial charge in [-0.15, -0.1) is 10.2 Å². The predicted octanol–water partition coefficient (Wildman–Crippen LogP) is 1.62. The maximum atomic E-state index is 11.0. The van der Waals surface area contributed by atoms with Crippen LogP contribution >= 0.6 is 0 Å². The van der Waals surface area contributed by atoms with Crippen LogP contribution in [0.15, 0.2) is 48.2 Å². The lowest BCUT2D eigenvalue weighted by molar-refractivity contribution is -0.383. The molecule has 8 heteroatoms. The molecule has 0 atom stereocenters. The Hall–Kier alpha value is -3.16. The highest BCUT2D eigenvalue weighted by Gasteiger charge is 2.12. The number of pyridine rings is 1. The number of hydrogen-bond donors (Lipinski definition) is 0. The molecule has 0 fully saturated rings. The molecule has 0 amide bonds. The molecule has 0 bridgehead atoms. The van der Waals surface area contributed by atoms with Gasteiger partial charge in [-0.25, -0.2) is 4.68 Å². The number of benzene rings is 1. The largest absolute Gasteiger partial charge is 0.277 e. The van der Waals surface area contributed by atoms with E-state index in [-0.39, 0.29) is 5.69 Å². The number of rotatable bonds is 3. The van der Waals surface area contributed by atoms with Gasteiger partial charge in [0.1, 0.15) is 12.7 Å². The van der Waals surface area contributed by atoms with Gasteiger partial charge in [-0.3, -0.25) is 15.1 Å². The first-order chi connectivity index (χ1) is 9.75. The first-order valence-corrected chi connectivity index (χ1v) is 5.67. The van der Waals surface area contributed by atoms with Gasteiger partial charge in [-0.2, -0.15) is 5.10 Å². The molecule has 0 unspecified atom stereocenters. The number of nitro groups is 1. The molecule has 0 aliphatic carbocycles. The predicted molar refractivity (Wildman–Crippen MR) is 71.4 cm³/mol. The minimum absolute atomic E-state index is 0.0452. The minimum Gasteiger partial charge on any atom is -0.258 e. The van der Waals surface area contributed by atoms with Gasteiger partial charge in [0.05, 0.1) is 22.2 Å². The number of fused-ring (bicyclic) bond motifs is 1. The first-order valence-electron chi connectivity index (χ1n) is 5.67. The van der Waals surface area contributed by atoms with Crippen LogP contribution in [-0.2, 0) is 0 Å². The molecule has 0 saturated heterocycles. The van der Waals surface area contributed by atoms with Gasteiger partial charge in [0.15, 0.2) is 0 Å². The molecule has 20 heavy (non-hydrogen) atoms. The second-order valence-electron chi connectivity index (χ2n) is 3.91. The zero-order chi connectivity index (χ0) is 13.9. The zero-order valence-corrected chi connectivity index (χ0v) is 10.1. The van der Waals surface area contributed by atoms with E-state index in [0.717, 1.165) is 0 Å². The molecule has 0 aliphatic rings. The van der Waals surface area contributed by atoms with E-state index in [1.807, 2.05) is 0 Å². The monoisotopic (exact) mass is 268 g/mol. The molecule has 1 aromatic carbocycles. The Morgan fingerprint density at radius 2 is 2.00 bits per heavy atom. The van der Waals surface area contributed by atoms with E-state index in [9.17, 15) is 10.1 Å². The van der Waals surface area contributed by atoms with Gasteiger partial charge in [0.25, 0.3) is 5.69 Å². The van der Waals surface area contributed by atoms with Crippen molar-refractivity contribution in [3.8, 4) is 0 Å². The maximum Gasteiger partial charge on any atom is 0.277 e. The standard InChI is InChI=1S/C12H8N6O2/c19-18(20)12-3-1-2-9-10(12)4-5-13-11(9)6-16-17-7-14-15-8-17/h1-8H/b16-6+. The van der Waals surface area contributed by atoms with Crippen molar-refractivity contribution in [3.05, 3.63) is 58.9 Å². The SMILES string of the molecule is O=[N+]([O-])c1cccc2c(/C=N/n3cnnc3)nccc12. The molecule has 0 N–H and O–H groups in total. The van der Waals surface area contributed by atoms with Crippen LogP contribution in [-0.4, -0.2) is 31.0 Å². The van der Waals surface area contributed by atoms with Crippen molar-refractivity contribution in [2.24, 2.45) is 5.10 Å². The van der Waals surface area contributed by atoms with E-state index >= 15 is 0 Å². The Balaban J connectivity index is 2.13. The second-order valence-corrected chi connectivity index (χ2v) is 3.91. The zero-order valence-electron chi connectivity index (χ0n) is 10.1. The van der Waals surface area contributed by atoms with Crippen molar-refractivity contribution in [2.75, 3.05) is 0 Å². The van der Waals surface area contributed by atoms with Crippen molar-refractivity contribution in [1.82, 2.24) is 19.9 Å². The average molecular weight is 268 g/mol. The number of aromatic nitrogens is 4. The van der Waals surface area contributed by atoms with E-state index in [0.29, 0.717) is 16.5 Å². The molecule has 98 valence electrons. The molecule has 0 spiro atoms. The third-order valence-corrected chi connectivity index (χ3v) is 2.73. The summed E-state index contributed by atoms with van der Waals surface area (Å²) < 4.78 is 1.41. The lowest BCUT2D eigenvalue weighted by Crippen LogP contribution is -1.95. The van der Waals surface area contributed by atoms with Crippen molar-refractivity contribution in [3.63, 3.8) is 0 Å². The third kappa shape index (κ3) is 2.09. The Labute approximate surface area is 112 Å². The molecule has 2 heterocycles. The summed E-state index contributed by atoms with van der Waals surface area (Å²) in [6.07, 6.45) is 5.90.